The normalized spacial score (nSPS) is 19.1. The molecule has 9 heteroatoms. The molecule has 1 aromatic heterocycles. The molecule has 2 rings (SSSR count). The van der Waals surface area contributed by atoms with Crippen molar-refractivity contribution in [2.45, 2.75) is 24.5 Å². The average molecular weight is 344 g/mol. The number of aliphatic hydroxyl groups excluding tert-OH is 1. The highest BCUT2D eigenvalue weighted by atomic mass is 35.5. The van der Waals surface area contributed by atoms with E-state index in [-0.39, 0.29) is 37.8 Å². The van der Waals surface area contributed by atoms with Gasteiger partial charge in [0.2, 0.25) is 5.91 Å². The van der Waals surface area contributed by atoms with Gasteiger partial charge in [-0.15, -0.1) is 24.8 Å². The lowest BCUT2D eigenvalue weighted by molar-refractivity contribution is -0.135. The number of hydrogen-bond donors (Lipinski definition) is 2. The second kappa shape index (κ2) is 7.84. The van der Waals surface area contributed by atoms with Gasteiger partial charge in [0.1, 0.15) is 12.1 Å². The number of carbonyl (C=O) groups excluding carboxylic acids is 1. The van der Waals surface area contributed by atoms with Crippen LogP contribution >= 0.6 is 24.8 Å². The predicted molar refractivity (Wildman–Crippen MR) is 77.8 cm³/mol. The first-order valence-electron chi connectivity index (χ1n) is 5.91. The van der Waals surface area contributed by atoms with E-state index >= 15 is 0 Å². The van der Waals surface area contributed by atoms with Crippen molar-refractivity contribution in [1.29, 1.82) is 0 Å². The van der Waals surface area contributed by atoms with E-state index in [2.05, 4.69) is 4.98 Å². The first-order chi connectivity index (χ1) is 8.91. The third kappa shape index (κ3) is 4.74. The van der Waals surface area contributed by atoms with Crippen LogP contribution in [-0.2, 0) is 4.79 Å². The van der Waals surface area contributed by atoms with Gasteiger partial charge in [-0.2, -0.15) is 0 Å². The predicted octanol–water partition coefficient (Wildman–Crippen LogP) is 1.15. The second-order valence-electron chi connectivity index (χ2n) is 4.62. The maximum atomic E-state index is 13.0. The molecule has 0 aliphatic carbocycles. The molecule has 21 heavy (non-hydrogen) atoms. The summed E-state index contributed by atoms with van der Waals surface area (Å²) in [5.74, 6) is -3.53. The standard InChI is InChI=1S/C12H15F2N3O2.2ClH/c13-12(14)3-6-17(7-12)11(19)9(15)10(18)8-1-4-16-5-2-8;;/h1-2,4-5,9-10,18H,3,6-7,15H2;2*1H. The Morgan fingerprint density at radius 3 is 2.43 bits per heavy atom. The summed E-state index contributed by atoms with van der Waals surface area (Å²) in [7, 11) is 0. The van der Waals surface area contributed by atoms with Crippen molar-refractivity contribution in [2.24, 2.45) is 5.73 Å². The smallest absolute Gasteiger partial charge is 0.267 e. The Morgan fingerprint density at radius 1 is 1.38 bits per heavy atom. The van der Waals surface area contributed by atoms with Crippen LogP contribution in [0.4, 0.5) is 8.78 Å². The van der Waals surface area contributed by atoms with Crippen LogP contribution in [-0.4, -0.2) is 46.0 Å². The van der Waals surface area contributed by atoms with Gasteiger partial charge in [-0.1, -0.05) is 0 Å². The minimum absolute atomic E-state index is 0. The van der Waals surface area contributed by atoms with Crippen LogP contribution in [0.1, 0.15) is 18.1 Å². The fourth-order valence-corrected chi connectivity index (χ4v) is 2.04. The lowest BCUT2D eigenvalue weighted by atomic mass is 10.0. The number of likely N-dealkylation sites (tertiary alicyclic amines) is 1. The Labute approximate surface area is 133 Å². The first-order valence-corrected chi connectivity index (χ1v) is 5.91. The molecule has 0 saturated carbocycles. The summed E-state index contributed by atoms with van der Waals surface area (Å²) < 4.78 is 26.1. The van der Waals surface area contributed by atoms with E-state index in [4.69, 9.17) is 5.73 Å². The molecule has 0 radical (unpaired) electrons. The maximum Gasteiger partial charge on any atom is 0.267 e. The van der Waals surface area contributed by atoms with Crippen molar-refractivity contribution in [3.8, 4) is 0 Å². The van der Waals surface area contributed by atoms with Gasteiger partial charge in [0.05, 0.1) is 6.54 Å². The van der Waals surface area contributed by atoms with Crippen LogP contribution in [0.15, 0.2) is 24.5 Å². The molecular weight excluding hydrogens is 327 g/mol. The highest BCUT2D eigenvalue weighted by Crippen LogP contribution is 2.28. The van der Waals surface area contributed by atoms with Crippen molar-refractivity contribution in [1.82, 2.24) is 9.88 Å². The molecule has 2 atom stereocenters. The quantitative estimate of drug-likeness (QED) is 0.862. The van der Waals surface area contributed by atoms with Gasteiger partial charge in [0.15, 0.2) is 0 Å². The third-order valence-electron chi connectivity index (χ3n) is 3.15. The van der Waals surface area contributed by atoms with Gasteiger partial charge in [-0.3, -0.25) is 9.78 Å². The van der Waals surface area contributed by atoms with E-state index in [1.807, 2.05) is 0 Å². The number of hydrogen-bond acceptors (Lipinski definition) is 4. The van der Waals surface area contributed by atoms with E-state index in [1.165, 1.54) is 24.5 Å². The molecule has 1 aliphatic heterocycles. The number of rotatable bonds is 3. The molecule has 120 valence electrons. The topological polar surface area (TPSA) is 79.5 Å². The number of halogens is 4. The van der Waals surface area contributed by atoms with E-state index < -0.39 is 30.5 Å². The van der Waals surface area contributed by atoms with Gasteiger partial charge in [0, 0.05) is 25.4 Å². The monoisotopic (exact) mass is 343 g/mol. The van der Waals surface area contributed by atoms with Crippen molar-refractivity contribution in [3.05, 3.63) is 30.1 Å². The summed E-state index contributed by atoms with van der Waals surface area (Å²) in [5, 5.41) is 9.96. The Kier molecular flexibility index (Phi) is 7.46. The maximum absolute atomic E-state index is 13.0. The highest BCUT2D eigenvalue weighted by molar-refractivity contribution is 5.85. The average Bonchev–Trinajstić information content (AvgIpc) is 2.77. The third-order valence-corrected chi connectivity index (χ3v) is 3.15. The molecule has 5 nitrogen and oxygen atoms in total. The van der Waals surface area contributed by atoms with Crippen LogP contribution in [0.2, 0.25) is 0 Å². The molecule has 1 amide bonds. The Bertz CT molecular complexity index is 465. The van der Waals surface area contributed by atoms with Gasteiger partial charge in [0.25, 0.3) is 5.92 Å². The summed E-state index contributed by atoms with van der Waals surface area (Å²) in [6, 6.07) is 1.79. The Balaban J connectivity index is 0.00000200. The number of aliphatic hydroxyl groups is 1. The Hall–Kier alpha value is -1.02. The largest absolute Gasteiger partial charge is 0.386 e. The summed E-state index contributed by atoms with van der Waals surface area (Å²) in [5.41, 5.74) is 6.09. The van der Waals surface area contributed by atoms with Gasteiger partial charge in [-0.25, -0.2) is 8.78 Å². The zero-order valence-electron chi connectivity index (χ0n) is 11.0. The molecule has 0 aromatic carbocycles. The fourth-order valence-electron chi connectivity index (χ4n) is 2.04. The minimum Gasteiger partial charge on any atom is -0.386 e. The van der Waals surface area contributed by atoms with Crippen molar-refractivity contribution in [3.63, 3.8) is 0 Å². The van der Waals surface area contributed by atoms with Gasteiger partial charge < -0.3 is 15.7 Å². The van der Waals surface area contributed by atoms with Crippen LogP contribution in [0, 0.1) is 0 Å². The van der Waals surface area contributed by atoms with E-state index in [9.17, 15) is 18.7 Å². The summed E-state index contributed by atoms with van der Waals surface area (Å²) in [6.07, 6.45) is 1.32. The van der Waals surface area contributed by atoms with Gasteiger partial charge >= 0.3 is 0 Å². The molecular formula is C12H17Cl2F2N3O2. The molecule has 2 heterocycles. The molecule has 1 fully saturated rings. The van der Waals surface area contributed by atoms with Crippen LogP contribution in [0.25, 0.3) is 0 Å². The number of alkyl halides is 2. The van der Waals surface area contributed by atoms with Crippen LogP contribution < -0.4 is 5.73 Å². The zero-order chi connectivity index (χ0) is 14.0. The molecule has 1 saturated heterocycles. The SMILES string of the molecule is Cl.Cl.NC(C(=O)N1CCC(F)(F)C1)C(O)c1ccncc1. The van der Waals surface area contributed by atoms with E-state index in [0.29, 0.717) is 5.56 Å². The fraction of sp³-hybridized carbons (Fsp3) is 0.500. The summed E-state index contributed by atoms with van der Waals surface area (Å²) >= 11 is 0. The van der Waals surface area contributed by atoms with Crippen LogP contribution in [0.3, 0.4) is 0 Å². The van der Waals surface area contributed by atoms with Crippen molar-refractivity contribution < 1.29 is 18.7 Å². The summed E-state index contributed by atoms with van der Waals surface area (Å²) in [4.78, 5) is 16.7. The number of nitrogens with two attached hydrogens (primary N) is 1. The van der Waals surface area contributed by atoms with Crippen molar-refractivity contribution in [2.75, 3.05) is 13.1 Å². The molecule has 0 spiro atoms. The van der Waals surface area contributed by atoms with Crippen molar-refractivity contribution >= 4 is 30.7 Å². The van der Waals surface area contributed by atoms with E-state index in [0.717, 1.165) is 4.90 Å². The lowest BCUT2D eigenvalue weighted by Gasteiger charge is -2.24. The number of pyridine rings is 1. The second-order valence-corrected chi connectivity index (χ2v) is 4.62. The molecule has 1 aromatic rings. The number of amides is 1. The first kappa shape index (κ1) is 20.0. The minimum atomic E-state index is -2.86. The van der Waals surface area contributed by atoms with Crippen LogP contribution in [0.5, 0.6) is 0 Å². The molecule has 0 bridgehead atoms. The molecule has 3 N–H and O–H groups in total. The summed E-state index contributed by atoms with van der Waals surface area (Å²) in [6.45, 7) is -0.675. The number of aromatic nitrogens is 1. The number of nitrogens with zero attached hydrogens (tertiary/aromatic N) is 2. The molecule has 2 unspecified atom stereocenters. The molecule has 1 aliphatic rings. The number of carbonyl (C=O) groups is 1. The zero-order valence-corrected chi connectivity index (χ0v) is 12.6. The van der Waals surface area contributed by atoms with E-state index in [1.54, 1.807) is 0 Å². The Morgan fingerprint density at radius 2 is 1.95 bits per heavy atom. The lowest BCUT2D eigenvalue weighted by Crippen LogP contribution is -2.46. The highest BCUT2D eigenvalue weighted by Gasteiger charge is 2.42. The van der Waals surface area contributed by atoms with Gasteiger partial charge in [-0.05, 0) is 17.7 Å².